The number of phenolic OH excluding ortho intramolecular Hbond substituents is 3. The minimum atomic E-state index is -2.08. The summed E-state index contributed by atoms with van der Waals surface area (Å²) in [6.07, 6.45) is 4.83. The number of nitrogens with one attached hydrogen (secondary N) is 1. The molecule has 374 valence electrons. The van der Waals surface area contributed by atoms with Crippen LogP contribution < -0.4 is 14.8 Å². The van der Waals surface area contributed by atoms with Crippen LogP contribution in [0.15, 0.2) is 65.5 Å². The molecule has 17 nitrogen and oxygen atoms in total. The predicted octanol–water partition coefficient (Wildman–Crippen LogP) is 6.69. The molecule has 69 heavy (non-hydrogen) atoms. The van der Waals surface area contributed by atoms with E-state index in [1.165, 1.54) is 59.4 Å². The highest BCUT2D eigenvalue weighted by molar-refractivity contribution is 6.23. The number of aliphatic hydroxyl groups is 2. The predicted molar refractivity (Wildman–Crippen MR) is 260 cm³/mol. The van der Waals surface area contributed by atoms with Crippen LogP contribution in [0.4, 0.5) is 5.69 Å². The molecule has 6 N–H and O–H groups in total. The van der Waals surface area contributed by atoms with Crippen LogP contribution in [0.3, 0.4) is 0 Å². The average Bonchev–Trinajstić information content (AvgIpc) is 3.57. The number of esters is 1. The van der Waals surface area contributed by atoms with E-state index >= 15 is 0 Å². The third kappa shape index (κ3) is 10.4. The molecule has 2 unspecified atom stereocenters. The lowest BCUT2D eigenvalue weighted by Crippen LogP contribution is -2.54. The minimum Gasteiger partial charge on any atom is -0.507 e. The number of anilines is 1. The quantitative estimate of drug-likeness (QED) is 0.0627. The first-order valence-corrected chi connectivity index (χ1v) is 23.3. The van der Waals surface area contributed by atoms with Gasteiger partial charge in [0, 0.05) is 86.3 Å². The van der Waals surface area contributed by atoms with Crippen molar-refractivity contribution in [3.05, 3.63) is 82.7 Å². The molecule has 1 saturated heterocycles. The Bertz CT molecular complexity index is 2540. The highest BCUT2D eigenvalue weighted by atomic mass is 16.7. The molecule has 4 heterocycles. The number of nitrogens with zero attached hydrogens (tertiary/aromatic N) is 3. The first kappa shape index (κ1) is 52.2. The maximum atomic E-state index is 14.7. The first-order chi connectivity index (χ1) is 32.6. The number of benzene rings is 3. The van der Waals surface area contributed by atoms with E-state index in [1.54, 1.807) is 47.0 Å². The van der Waals surface area contributed by atoms with E-state index < -0.39 is 88.8 Å². The number of hydrogen-bond donors (Lipinski definition) is 6. The first-order valence-electron chi connectivity index (χ1n) is 23.3. The van der Waals surface area contributed by atoms with Crippen molar-refractivity contribution in [1.29, 1.82) is 0 Å². The highest BCUT2D eigenvalue weighted by Gasteiger charge is 2.50. The Morgan fingerprint density at radius 2 is 1.58 bits per heavy atom. The van der Waals surface area contributed by atoms with Crippen molar-refractivity contribution in [2.24, 2.45) is 28.8 Å². The van der Waals surface area contributed by atoms with Crippen LogP contribution in [0, 0.1) is 30.6 Å². The number of amides is 1. The molecule has 3 aromatic carbocycles. The van der Waals surface area contributed by atoms with Gasteiger partial charge < -0.3 is 54.5 Å². The number of aromatic hydroxyl groups is 3. The Labute approximate surface area is 403 Å². The summed E-state index contributed by atoms with van der Waals surface area (Å²) in [7, 11) is 3.08. The number of carbonyl (C=O) groups excluding carboxylic acids is 3. The number of phenols is 3. The summed E-state index contributed by atoms with van der Waals surface area (Å²) in [4.78, 5) is 43.4. The summed E-state index contributed by atoms with van der Waals surface area (Å²) in [6, 6.07) is 7.52. The fraction of sp³-hybridized carbons (Fsp3) is 0.500. The van der Waals surface area contributed by atoms with Crippen LogP contribution in [0.25, 0.3) is 10.8 Å². The number of hydrogen-bond acceptors (Lipinski definition) is 16. The SMILES string of the molecule is COc1ccccc1CN1CC(C)N(/N=C/c2c3c(O)c4c(O)c(C)c5c(c4c2O)C(=O)[C@@](C)(O/C=C/[C@H](OC)[C@@H](C)[C@@H](OC(C)=O)[C@H](C)[C@H](O)[C@H](C)[C@@H](O)[C@@H](C)/C=C/C=C(/C)C(=O)N3)O5)C(C)C1. The number of carbonyl (C=O) groups is 3. The molecule has 3 aromatic rings. The highest BCUT2D eigenvalue weighted by Crippen LogP contribution is 2.55. The Kier molecular flexibility index (Phi) is 16.1. The van der Waals surface area contributed by atoms with Crippen LogP contribution in [-0.2, 0) is 30.3 Å². The number of hydrazone groups is 1. The van der Waals surface area contributed by atoms with Gasteiger partial charge in [0.2, 0.25) is 0 Å². The lowest BCUT2D eigenvalue weighted by molar-refractivity contribution is -0.160. The van der Waals surface area contributed by atoms with Gasteiger partial charge in [-0.15, -0.1) is 0 Å². The van der Waals surface area contributed by atoms with Gasteiger partial charge in [0.25, 0.3) is 11.7 Å². The summed E-state index contributed by atoms with van der Waals surface area (Å²) in [6.45, 7) is 18.4. The van der Waals surface area contributed by atoms with Crippen molar-refractivity contribution in [1.82, 2.24) is 9.91 Å². The van der Waals surface area contributed by atoms with Gasteiger partial charge in [0.05, 0.1) is 72.2 Å². The molecular formula is C52H68N4O13. The molecule has 7 rings (SSSR count). The van der Waals surface area contributed by atoms with E-state index in [0.29, 0.717) is 19.6 Å². The van der Waals surface area contributed by atoms with Gasteiger partial charge in [-0.2, -0.15) is 5.10 Å². The summed E-state index contributed by atoms with van der Waals surface area (Å²) in [5.74, 6) is -7.76. The topological polar surface area (TPSA) is 229 Å². The number of fused-ring (bicyclic) bond motifs is 14. The second-order valence-electron chi connectivity index (χ2n) is 18.9. The molecule has 1 amide bonds. The number of ether oxygens (including phenoxy) is 5. The van der Waals surface area contributed by atoms with E-state index in [-0.39, 0.29) is 56.6 Å². The standard InChI is InChI=1S/C52H68N4O13/c1-26-16-15-17-27(2)51(64)54-42-36(22-53-56-28(3)23-55(24-29(56)4)25-35-18-13-14-19-38(35)66-12)46(61)39-40(47(42)62)45(60)33(8)49-41(39)50(63)52(10,69-49)67-21-20-37(65-11)30(5)48(68-34(9)57)32(7)44(59)31(6)43(26)58/h13-22,26,28-32,37,43-44,48,58-62H,23-25H2,1-12H3,(H,54,64)/b16-15+,21-20+,27-17-,53-22+/t26-,28?,29?,30+,31+,32+,37-,43-,44+,48+,52-/m0/s1. The van der Waals surface area contributed by atoms with Gasteiger partial charge in [-0.1, -0.05) is 64.1 Å². The molecule has 11 atom stereocenters. The fourth-order valence-corrected chi connectivity index (χ4v) is 9.85. The number of allylic oxidation sites excluding steroid dienone is 2. The Morgan fingerprint density at radius 3 is 2.22 bits per heavy atom. The van der Waals surface area contributed by atoms with Crippen molar-refractivity contribution in [2.45, 2.75) is 118 Å². The minimum absolute atomic E-state index is 0.0432. The zero-order chi connectivity index (χ0) is 50.8. The molecular weight excluding hydrogens is 889 g/mol. The molecule has 0 spiro atoms. The monoisotopic (exact) mass is 956 g/mol. The molecule has 1 fully saturated rings. The van der Waals surface area contributed by atoms with Gasteiger partial charge in [0.1, 0.15) is 29.1 Å². The third-order valence-electron chi connectivity index (χ3n) is 13.9. The molecule has 0 saturated carbocycles. The van der Waals surface area contributed by atoms with Crippen LogP contribution in [0.5, 0.6) is 28.7 Å². The summed E-state index contributed by atoms with van der Waals surface area (Å²) in [5, 5.41) is 68.2. The van der Waals surface area contributed by atoms with E-state index in [2.05, 4.69) is 10.2 Å². The average molecular weight is 957 g/mol. The zero-order valence-electron chi connectivity index (χ0n) is 41.5. The van der Waals surface area contributed by atoms with Gasteiger partial charge >= 0.3 is 11.8 Å². The smallest absolute Gasteiger partial charge is 0.312 e. The number of aliphatic hydroxyl groups excluding tert-OH is 2. The van der Waals surface area contributed by atoms with Crippen LogP contribution in [-0.4, -0.2) is 129 Å². The van der Waals surface area contributed by atoms with Crippen molar-refractivity contribution >= 4 is 40.3 Å². The number of methoxy groups -OCH3 is 2. The van der Waals surface area contributed by atoms with E-state index in [4.69, 9.17) is 28.8 Å². The lowest BCUT2D eigenvalue weighted by Gasteiger charge is -2.43. The molecule has 5 bridgehead atoms. The number of rotatable bonds is 7. The lowest BCUT2D eigenvalue weighted by atomic mass is 9.78. The Morgan fingerprint density at radius 1 is 0.913 bits per heavy atom. The van der Waals surface area contributed by atoms with Crippen LogP contribution >= 0.6 is 0 Å². The van der Waals surface area contributed by atoms with Crippen molar-refractivity contribution < 1.29 is 63.6 Å². The van der Waals surface area contributed by atoms with Crippen LogP contribution in [0.2, 0.25) is 0 Å². The van der Waals surface area contributed by atoms with E-state index in [9.17, 15) is 39.9 Å². The second-order valence-corrected chi connectivity index (χ2v) is 18.9. The van der Waals surface area contributed by atoms with Crippen molar-refractivity contribution in [2.75, 3.05) is 32.6 Å². The van der Waals surface area contributed by atoms with Crippen LogP contribution in [0.1, 0.15) is 89.4 Å². The summed E-state index contributed by atoms with van der Waals surface area (Å²) < 4.78 is 29.4. The normalized spacial score (nSPS) is 31.2. The molecule has 0 aromatic heterocycles. The molecule has 0 radical (unpaired) electrons. The van der Waals surface area contributed by atoms with Gasteiger partial charge in [0.15, 0.2) is 5.75 Å². The number of para-hydroxylation sites is 1. The number of Topliss-reactive ketones (excluding diaryl/α,β-unsaturated/α-hetero) is 1. The van der Waals surface area contributed by atoms with Crippen molar-refractivity contribution in [3.8, 4) is 28.7 Å². The Balaban J connectivity index is 1.48. The summed E-state index contributed by atoms with van der Waals surface area (Å²) in [5.41, 5.74) is 0.595. The molecule has 0 aliphatic carbocycles. The summed E-state index contributed by atoms with van der Waals surface area (Å²) >= 11 is 0. The van der Waals surface area contributed by atoms with Gasteiger partial charge in [-0.3, -0.25) is 24.3 Å². The largest absolute Gasteiger partial charge is 0.507 e. The molecule has 4 aliphatic rings. The Hall–Kier alpha value is -6.14. The number of ketones is 1. The van der Waals surface area contributed by atoms with Gasteiger partial charge in [-0.05, 0) is 39.8 Å². The number of piperazine rings is 1. The molecule has 4 aliphatic heterocycles. The zero-order valence-corrected chi connectivity index (χ0v) is 41.5. The second kappa shape index (κ2) is 21.2. The maximum absolute atomic E-state index is 14.7. The fourth-order valence-electron chi connectivity index (χ4n) is 9.85. The van der Waals surface area contributed by atoms with E-state index in [0.717, 1.165) is 11.3 Å². The maximum Gasteiger partial charge on any atom is 0.312 e. The van der Waals surface area contributed by atoms with E-state index in [1.807, 2.05) is 43.1 Å². The van der Waals surface area contributed by atoms with Crippen molar-refractivity contribution in [3.63, 3.8) is 0 Å². The third-order valence-corrected chi connectivity index (χ3v) is 13.9. The molecule has 17 heteroatoms. The van der Waals surface area contributed by atoms with Gasteiger partial charge in [-0.25, -0.2) is 0 Å².